The van der Waals surface area contributed by atoms with Gasteiger partial charge in [0.25, 0.3) is 17.7 Å². The summed E-state index contributed by atoms with van der Waals surface area (Å²) in [6, 6.07) is 8.26. The number of benzene rings is 1. The van der Waals surface area contributed by atoms with Crippen molar-refractivity contribution in [3.63, 3.8) is 0 Å². The molecule has 3 amide bonds. The molecule has 11 heteroatoms. The van der Waals surface area contributed by atoms with Crippen molar-refractivity contribution in [3.05, 3.63) is 35.4 Å². The Labute approximate surface area is 210 Å². The second kappa shape index (κ2) is 13.5. The summed E-state index contributed by atoms with van der Waals surface area (Å²) in [5, 5.41) is 19.3. The van der Waals surface area contributed by atoms with Crippen molar-refractivity contribution in [2.45, 2.75) is 38.5 Å². The van der Waals surface area contributed by atoms with E-state index in [-0.39, 0.29) is 48.9 Å². The van der Waals surface area contributed by atoms with Crippen molar-refractivity contribution in [1.29, 1.82) is 5.26 Å². The minimum absolute atomic E-state index is 0. The number of carbonyl (C=O) groups is 4. The summed E-state index contributed by atoms with van der Waals surface area (Å²) < 4.78 is 0. The SMILES string of the molecule is Cl.N#CC(=Cc1ccc(O)cc1)C(=O)N1CCN(CCCCCC(=O)ON2C(=O)CCC2=O)CC1. The normalized spacial score (nSPS) is 16.6. The predicted molar refractivity (Wildman–Crippen MR) is 128 cm³/mol. The van der Waals surface area contributed by atoms with E-state index in [2.05, 4.69) is 4.90 Å². The number of unbranched alkanes of at least 4 members (excludes halogenated alkanes) is 2. The molecule has 2 fully saturated rings. The number of hydrogen-bond donors (Lipinski definition) is 1. The van der Waals surface area contributed by atoms with Crippen LogP contribution in [0.1, 0.15) is 44.1 Å². The number of rotatable bonds is 9. The first-order chi connectivity index (χ1) is 16.4. The summed E-state index contributed by atoms with van der Waals surface area (Å²) in [4.78, 5) is 56.2. The highest BCUT2D eigenvalue weighted by atomic mass is 35.5. The number of piperazine rings is 1. The van der Waals surface area contributed by atoms with Crippen molar-refractivity contribution in [2.24, 2.45) is 0 Å². The Balaban J connectivity index is 0.00000432. The molecule has 35 heavy (non-hydrogen) atoms. The number of halogens is 1. The van der Waals surface area contributed by atoms with Gasteiger partial charge in [-0.15, -0.1) is 17.5 Å². The third-order valence-corrected chi connectivity index (χ3v) is 5.77. The molecule has 0 atom stereocenters. The number of phenolic OH excluding ortho intramolecular Hbond substituents is 1. The Morgan fingerprint density at radius 2 is 1.63 bits per heavy atom. The molecule has 0 aromatic heterocycles. The Morgan fingerprint density at radius 1 is 1.00 bits per heavy atom. The van der Waals surface area contributed by atoms with E-state index in [0.717, 1.165) is 19.4 Å². The fourth-order valence-corrected chi connectivity index (χ4v) is 3.81. The van der Waals surface area contributed by atoms with Crippen LogP contribution in [0.25, 0.3) is 6.08 Å². The molecule has 188 valence electrons. The predicted octanol–water partition coefficient (Wildman–Crippen LogP) is 2.03. The minimum Gasteiger partial charge on any atom is -0.508 e. The molecule has 0 spiro atoms. The first kappa shape index (κ1) is 27.8. The summed E-state index contributed by atoms with van der Waals surface area (Å²) in [7, 11) is 0. The van der Waals surface area contributed by atoms with E-state index in [9.17, 15) is 29.5 Å². The zero-order valence-electron chi connectivity index (χ0n) is 19.4. The molecule has 0 saturated carbocycles. The van der Waals surface area contributed by atoms with Gasteiger partial charge in [-0.2, -0.15) is 5.26 Å². The number of carbonyl (C=O) groups excluding carboxylic acids is 4. The molecule has 2 aliphatic heterocycles. The quantitative estimate of drug-likeness (QED) is 0.234. The summed E-state index contributed by atoms with van der Waals surface area (Å²) in [6.45, 7) is 3.28. The fraction of sp³-hybridized carbons (Fsp3) is 0.458. The van der Waals surface area contributed by atoms with Gasteiger partial charge in [0.2, 0.25) is 0 Å². The van der Waals surface area contributed by atoms with Crippen LogP contribution in [0, 0.1) is 11.3 Å². The monoisotopic (exact) mass is 504 g/mol. The highest BCUT2D eigenvalue weighted by molar-refractivity contribution is 6.02. The number of nitriles is 1. The fourth-order valence-electron chi connectivity index (χ4n) is 3.81. The molecule has 10 nitrogen and oxygen atoms in total. The van der Waals surface area contributed by atoms with Gasteiger partial charge in [0.1, 0.15) is 17.4 Å². The molecule has 0 unspecified atom stereocenters. The molecular weight excluding hydrogens is 476 g/mol. The minimum atomic E-state index is -0.579. The number of hydrogen-bond acceptors (Lipinski definition) is 8. The number of nitrogens with zero attached hydrogens (tertiary/aromatic N) is 4. The van der Waals surface area contributed by atoms with E-state index < -0.39 is 17.8 Å². The van der Waals surface area contributed by atoms with E-state index in [4.69, 9.17) is 4.84 Å². The van der Waals surface area contributed by atoms with Crippen molar-refractivity contribution < 1.29 is 29.1 Å². The van der Waals surface area contributed by atoms with Gasteiger partial charge >= 0.3 is 5.97 Å². The molecule has 0 bridgehead atoms. The van der Waals surface area contributed by atoms with E-state index in [1.54, 1.807) is 17.0 Å². The molecular formula is C24H29ClN4O6. The molecule has 0 aliphatic carbocycles. The molecule has 2 heterocycles. The number of aromatic hydroxyl groups is 1. The third-order valence-electron chi connectivity index (χ3n) is 5.77. The number of hydroxylamine groups is 2. The summed E-state index contributed by atoms with van der Waals surface area (Å²) in [5.74, 6) is -1.72. The summed E-state index contributed by atoms with van der Waals surface area (Å²) >= 11 is 0. The topological polar surface area (TPSA) is 131 Å². The second-order valence-electron chi connectivity index (χ2n) is 8.25. The average Bonchev–Trinajstić information content (AvgIpc) is 3.15. The molecule has 0 radical (unpaired) electrons. The van der Waals surface area contributed by atoms with Gasteiger partial charge < -0.3 is 14.8 Å². The van der Waals surface area contributed by atoms with E-state index in [0.29, 0.717) is 43.2 Å². The van der Waals surface area contributed by atoms with Crippen LogP contribution >= 0.6 is 12.4 Å². The molecule has 1 aromatic rings. The van der Waals surface area contributed by atoms with Crippen LogP contribution in [0.2, 0.25) is 0 Å². The number of amides is 3. The average molecular weight is 505 g/mol. The highest BCUT2D eigenvalue weighted by Gasteiger charge is 2.32. The van der Waals surface area contributed by atoms with Crippen molar-refractivity contribution in [3.8, 4) is 11.8 Å². The Bertz CT molecular complexity index is 980. The maximum atomic E-state index is 12.7. The molecule has 2 aliphatic rings. The molecule has 2 saturated heterocycles. The lowest BCUT2D eigenvalue weighted by atomic mass is 10.1. The smallest absolute Gasteiger partial charge is 0.333 e. The van der Waals surface area contributed by atoms with E-state index in [1.807, 2.05) is 6.07 Å². The largest absolute Gasteiger partial charge is 0.508 e. The van der Waals surface area contributed by atoms with Gasteiger partial charge in [-0.1, -0.05) is 18.6 Å². The van der Waals surface area contributed by atoms with Crippen LogP contribution in [0.3, 0.4) is 0 Å². The van der Waals surface area contributed by atoms with Crippen LogP contribution < -0.4 is 0 Å². The number of phenols is 1. The lowest BCUT2D eigenvalue weighted by Gasteiger charge is -2.34. The van der Waals surface area contributed by atoms with E-state index >= 15 is 0 Å². The summed E-state index contributed by atoms with van der Waals surface area (Å²) in [6.07, 6.45) is 4.09. The van der Waals surface area contributed by atoms with Gasteiger partial charge in [0, 0.05) is 45.4 Å². The maximum absolute atomic E-state index is 12.7. The Kier molecular flexibility index (Phi) is 10.7. The van der Waals surface area contributed by atoms with Gasteiger partial charge in [0.05, 0.1) is 0 Å². The van der Waals surface area contributed by atoms with Crippen molar-refractivity contribution in [1.82, 2.24) is 14.9 Å². The van der Waals surface area contributed by atoms with Gasteiger partial charge in [-0.25, -0.2) is 4.79 Å². The van der Waals surface area contributed by atoms with Crippen molar-refractivity contribution in [2.75, 3.05) is 32.7 Å². The molecule has 1 aromatic carbocycles. The van der Waals surface area contributed by atoms with Crippen LogP contribution in [-0.2, 0) is 24.0 Å². The standard InChI is InChI=1S/C24H28N4O6.ClH/c25-17-19(16-18-5-7-20(29)8-6-18)24(33)27-14-12-26(13-15-27)11-3-1-2-4-23(32)34-28-21(30)9-10-22(28)31;/h5-8,16,29H,1-4,9-15H2;1H. The third kappa shape index (κ3) is 8.09. The Hall–Kier alpha value is -3.42. The zero-order chi connectivity index (χ0) is 24.5. The zero-order valence-corrected chi connectivity index (χ0v) is 20.2. The van der Waals surface area contributed by atoms with Gasteiger partial charge in [0.15, 0.2) is 0 Å². The summed E-state index contributed by atoms with van der Waals surface area (Å²) in [5.41, 5.74) is 0.729. The van der Waals surface area contributed by atoms with Crippen molar-refractivity contribution >= 4 is 42.2 Å². The molecule has 1 N–H and O–H groups in total. The Morgan fingerprint density at radius 3 is 2.23 bits per heavy atom. The van der Waals surface area contributed by atoms with Gasteiger partial charge in [-0.05, 0) is 43.2 Å². The lowest BCUT2D eigenvalue weighted by Crippen LogP contribution is -2.49. The van der Waals surface area contributed by atoms with Gasteiger partial charge in [-0.3, -0.25) is 19.3 Å². The van der Waals surface area contributed by atoms with Crippen LogP contribution in [0.5, 0.6) is 5.75 Å². The van der Waals surface area contributed by atoms with E-state index in [1.165, 1.54) is 18.2 Å². The first-order valence-corrected chi connectivity index (χ1v) is 11.4. The maximum Gasteiger partial charge on any atom is 0.333 e. The highest BCUT2D eigenvalue weighted by Crippen LogP contribution is 2.16. The van der Waals surface area contributed by atoms with Crippen LogP contribution in [0.4, 0.5) is 0 Å². The lowest BCUT2D eigenvalue weighted by molar-refractivity contribution is -0.197. The van der Waals surface area contributed by atoms with Crippen LogP contribution in [0.15, 0.2) is 29.8 Å². The number of imide groups is 1. The van der Waals surface area contributed by atoms with Crippen LogP contribution in [-0.4, -0.2) is 76.4 Å². The second-order valence-corrected chi connectivity index (χ2v) is 8.25. The first-order valence-electron chi connectivity index (χ1n) is 11.4. The molecule has 3 rings (SSSR count).